The summed E-state index contributed by atoms with van der Waals surface area (Å²) in [5, 5.41) is 7.56. The average Bonchev–Trinajstić information content (AvgIpc) is 2.51. The first-order valence-electron chi connectivity index (χ1n) is 3.92. The number of nitrogens with zero attached hydrogens (tertiary/aromatic N) is 2. The zero-order valence-corrected chi connectivity index (χ0v) is 9.45. The fourth-order valence-corrected chi connectivity index (χ4v) is 1.50. The maximum Gasteiger partial charge on any atom is 0.278 e. The second-order valence-corrected chi connectivity index (χ2v) is 3.74. The van der Waals surface area contributed by atoms with Crippen molar-refractivity contribution in [3.05, 3.63) is 33.5 Å². The summed E-state index contributed by atoms with van der Waals surface area (Å²) in [5.74, 6) is 0.160. The third-order valence-corrected chi connectivity index (χ3v) is 2.26. The Hall–Kier alpha value is -0.980. The van der Waals surface area contributed by atoms with E-state index in [0.717, 1.165) is 11.1 Å². The molecule has 2 rings (SSSR count). The molecule has 0 aliphatic rings. The van der Waals surface area contributed by atoms with Gasteiger partial charge in [-0.3, -0.25) is 0 Å². The molecule has 0 saturated heterocycles. The molecule has 0 amide bonds. The van der Waals surface area contributed by atoms with Crippen molar-refractivity contribution in [2.75, 3.05) is 0 Å². The largest absolute Gasteiger partial charge is 0.412 e. The standard InChI is InChI=1S/C9H6FIN2O/c1-5-4-6(10)2-3-7(5)8-12-13-9(11)14-8/h2-4H,1H3. The van der Waals surface area contributed by atoms with Gasteiger partial charge in [0.15, 0.2) is 0 Å². The lowest BCUT2D eigenvalue weighted by atomic mass is 10.1. The summed E-state index contributed by atoms with van der Waals surface area (Å²) in [6, 6.07) is 4.44. The van der Waals surface area contributed by atoms with E-state index < -0.39 is 0 Å². The van der Waals surface area contributed by atoms with Gasteiger partial charge in [-0.15, -0.1) is 10.2 Å². The van der Waals surface area contributed by atoms with Crippen LogP contribution in [0.2, 0.25) is 0 Å². The van der Waals surface area contributed by atoms with Gasteiger partial charge >= 0.3 is 0 Å². The Kier molecular flexibility index (Phi) is 2.49. The Balaban J connectivity index is 2.52. The fraction of sp³-hybridized carbons (Fsp3) is 0.111. The van der Waals surface area contributed by atoms with Crippen LogP contribution >= 0.6 is 22.6 Å². The van der Waals surface area contributed by atoms with E-state index in [2.05, 4.69) is 10.2 Å². The van der Waals surface area contributed by atoms with E-state index in [-0.39, 0.29) is 5.82 Å². The van der Waals surface area contributed by atoms with Crippen LogP contribution < -0.4 is 0 Å². The maximum absolute atomic E-state index is 12.8. The molecule has 2 aromatic rings. The molecule has 0 aliphatic carbocycles. The highest BCUT2D eigenvalue weighted by molar-refractivity contribution is 14.1. The molecule has 0 N–H and O–H groups in total. The molecule has 1 aromatic carbocycles. The summed E-state index contributed by atoms with van der Waals surface area (Å²) in [6.45, 7) is 1.80. The van der Waals surface area contributed by atoms with Crippen LogP contribution in [0.1, 0.15) is 5.56 Å². The van der Waals surface area contributed by atoms with Gasteiger partial charge in [-0.2, -0.15) is 0 Å². The number of aromatic nitrogens is 2. The predicted molar refractivity (Wildman–Crippen MR) is 57.1 cm³/mol. The van der Waals surface area contributed by atoms with Gasteiger partial charge in [0.2, 0.25) is 5.89 Å². The van der Waals surface area contributed by atoms with Gasteiger partial charge < -0.3 is 4.42 Å². The van der Waals surface area contributed by atoms with Crippen LogP contribution in [0.15, 0.2) is 22.6 Å². The monoisotopic (exact) mass is 304 g/mol. The molecule has 3 nitrogen and oxygen atoms in total. The summed E-state index contributed by atoms with van der Waals surface area (Å²) in [5.41, 5.74) is 1.55. The minimum atomic E-state index is -0.263. The molecule has 0 atom stereocenters. The van der Waals surface area contributed by atoms with Gasteiger partial charge in [0.1, 0.15) is 5.82 Å². The van der Waals surface area contributed by atoms with Gasteiger partial charge in [-0.05, 0) is 30.7 Å². The summed E-state index contributed by atoms with van der Waals surface area (Å²) in [7, 11) is 0. The van der Waals surface area contributed by atoms with E-state index in [1.807, 2.05) is 22.6 Å². The highest BCUT2D eigenvalue weighted by Gasteiger charge is 2.09. The van der Waals surface area contributed by atoms with E-state index in [4.69, 9.17) is 4.42 Å². The van der Waals surface area contributed by atoms with Crippen LogP contribution in [0.3, 0.4) is 0 Å². The van der Waals surface area contributed by atoms with Gasteiger partial charge in [-0.1, -0.05) is 0 Å². The molecule has 0 radical (unpaired) electrons. The SMILES string of the molecule is Cc1cc(F)ccc1-c1nnc(I)o1. The maximum atomic E-state index is 12.8. The number of halogens is 2. The van der Waals surface area contributed by atoms with Crippen molar-refractivity contribution in [3.8, 4) is 11.5 Å². The van der Waals surface area contributed by atoms with Crippen LogP contribution in [0.4, 0.5) is 4.39 Å². The molecule has 14 heavy (non-hydrogen) atoms. The molecule has 0 unspecified atom stereocenters. The highest BCUT2D eigenvalue weighted by atomic mass is 127. The fourth-order valence-electron chi connectivity index (χ4n) is 1.18. The molecule has 1 aromatic heterocycles. The summed E-state index contributed by atoms with van der Waals surface area (Å²) in [4.78, 5) is 0. The number of hydrogen-bond acceptors (Lipinski definition) is 3. The normalized spacial score (nSPS) is 10.5. The zero-order valence-electron chi connectivity index (χ0n) is 7.29. The number of benzene rings is 1. The quantitative estimate of drug-likeness (QED) is 0.761. The third-order valence-electron chi connectivity index (χ3n) is 1.82. The lowest BCUT2D eigenvalue weighted by molar-refractivity contribution is 0.536. The Morgan fingerprint density at radius 2 is 2.14 bits per heavy atom. The van der Waals surface area contributed by atoms with Crippen LogP contribution in [-0.2, 0) is 0 Å². The van der Waals surface area contributed by atoms with Crippen molar-refractivity contribution >= 4 is 22.6 Å². The van der Waals surface area contributed by atoms with Crippen molar-refractivity contribution in [2.45, 2.75) is 6.92 Å². The highest BCUT2D eigenvalue weighted by Crippen LogP contribution is 2.22. The van der Waals surface area contributed by atoms with Crippen molar-refractivity contribution in [1.82, 2.24) is 10.2 Å². The van der Waals surface area contributed by atoms with E-state index in [9.17, 15) is 4.39 Å². The zero-order chi connectivity index (χ0) is 10.1. The van der Waals surface area contributed by atoms with Crippen molar-refractivity contribution in [3.63, 3.8) is 0 Å². The number of hydrogen-bond donors (Lipinski definition) is 0. The first-order chi connectivity index (χ1) is 6.66. The number of rotatable bonds is 1. The lowest BCUT2D eigenvalue weighted by Gasteiger charge is -1.99. The van der Waals surface area contributed by atoms with E-state index >= 15 is 0 Å². The Bertz CT molecular complexity index is 470. The van der Waals surface area contributed by atoms with Gasteiger partial charge in [0.25, 0.3) is 3.90 Å². The van der Waals surface area contributed by atoms with E-state index in [0.29, 0.717) is 9.79 Å². The molecule has 0 aliphatic heterocycles. The van der Waals surface area contributed by atoms with E-state index in [1.54, 1.807) is 13.0 Å². The van der Waals surface area contributed by atoms with Gasteiger partial charge in [0.05, 0.1) is 0 Å². The van der Waals surface area contributed by atoms with E-state index in [1.165, 1.54) is 12.1 Å². The minimum Gasteiger partial charge on any atom is -0.412 e. The molecule has 1 heterocycles. The van der Waals surface area contributed by atoms with Crippen molar-refractivity contribution in [1.29, 1.82) is 0 Å². The van der Waals surface area contributed by atoms with Gasteiger partial charge in [0, 0.05) is 28.2 Å². The second-order valence-electron chi connectivity index (χ2n) is 2.82. The lowest BCUT2D eigenvalue weighted by Crippen LogP contribution is -1.85. The van der Waals surface area contributed by atoms with Crippen LogP contribution in [0.5, 0.6) is 0 Å². The molecule has 0 bridgehead atoms. The van der Waals surface area contributed by atoms with Crippen LogP contribution in [0, 0.1) is 16.6 Å². The predicted octanol–water partition coefficient (Wildman–Crippen LogP) is 2.79. The average molecular weight is 304 g/mol. The Morgan fingerprint density at radius 1 is 1.36 bits per heavy atom. The summed E-state index contributed by atoms with van der Waals surface area (Å²) >= 11 is 1.93. The van der Waals surface area contributed by atoms with Crippen molar-refractivity contribution in [2.24, 2.45) is 0 Å². The molecule has 72 valence electrons. The first-order valence-corrected chi connectivity index (χ1v) is 5.00. The molecule has 0 spiro atoms. The Labute approximate surface area is 93.5 Å². The van der Waals surface area contributed by atoms with Crippen LogP contribution in [0.25, 0.3) is 11.5 Å². The molecular formula is C9H6FIN2O. The third kappa shape index (κ3) is 1.77. The molecule has 0 saturated carbocycles. The van der Waals surface area contributed by atoms with Gasteiger partial charge in [-0.25, -0.2) is 4.39 Å². The summed E-state index contributed by atoms with van der Waals surface area (Å²) in [6.07, 6.45) is 0. The second kappa shape index (κ2) is 3.64. The van der Waals surface area contributed by atoms with Crippen LogP contribution in [-0.4, -0.2) is 10.2 Å². The summed E-state index contributed by atoms with van der Waals surface area (Å²) < 4.78 is 18.5. The number of aryl methyl sites for hydroxylation is 1. The molecule has 0 fully saturated rings. The smallest absolute Gasteiger partial charge is 0.278 e. The molecule has 5 heteroatoms. The Morgan fingerprint density at radius 3 is 2.71 bits per heavy atom. The topological polar surface area (TPSA) is 38.9 Å². The molecular weight excluding hydrogens is 298 g/mol. The first kappa shape index (κ1) is 9.57. The van der Waals surface area contributed by atoms with Crippen molar-refractivity contribution < 1.29 is 8.81 Å². The minimum absolute atomic E-state index is 0.263.